The third kappa shape index (κ3) is 3.46. The van der Waals surface area contributed by atoms with Crippen molar-refractivity contribution in [3.63, 3.8) is 0 Å². The highest BCUT2D eigenvalue weighted by atomic mass is 16.5. The van der Waals surface area contributed by atoms with Crippen LogP contribution in [0.3, 0.4) is 0 Å². The molecule has 160 valence electrons. The van der Waals surface area contributed by atoms with Gasteiger partial charge in [-0.05, 0) is 66.9 Å². The molecule has 0 N–H and O–H groups in total. The number of hydrogen-bond donors (Lipinski definition) is 0. The average Bonchev–Trinajstić information content (AvgIpc) is 3.25. The van der Waals surface area contributed by atoms with Gasteiger partial charge in [0.05, 0.1) is 19.7 Å². The Hall–Kier alpha value is -3.86. The van der Waals surface area contributed by atoms with E-state index in [0.717, 1.165) is 51.5 Å². The molecule has 5 heteroatoms. The molecule has 2 aliphatic heterocycles. The fourth-order valence-electron chi connectivity index (χ4n) is 4.11. The second kappa shape index (κ2) is 8.00. The number of benzene rings is 3. The molecule has 0 fully saturated rings. The predicted octanol–water partition coefficient (Wildman–Crippen LogP) is 5.89. The minimum atomic E-state index is 0.723. The number of pyridine rings is 1. The van der Waals surface area contributed by atoms with Crippen LogP contribution in [0.1, 0.15) is 16.7 Å². The molecule has 0 saturated carbocycles. The highest BCUT2D eigenvalue weighted by molar-refractivity contribution is 5.98. The molecule has 32 heavy (non-hydrogen) atoms. The summed E-state index contributed by atoms with van der Waals surface area (Å²) in [5, 5.41) is 10.2. The van der Waals surface area contributed by atoms with Crippen molar-refractivity contribution in [2.24, 2.45) is 0 Å². The lowest BCUT2D eigenvalue weighted by Crippen LogP contribution is -2.04. The molecule has 2 heterocycles. The Kier molecular flexibility index (Phi) is 5.02. The van der Waals surface area contributed by atoms with Crippen LogP contribution in [0, 0.1) is 13.8 Å². The maximum absolute atomic E-state index is 5.50. The van der Waals surface area contributed by atoms with Gasteiger partial charge in [-0.2, -0.15) is 0 Å². The van der Waals surface area contributed by atoms with Crippen molar-refractivity contribution in [3.8, 4) is 34.0 Å². The van der Waals surface area contributed by atoms with E-state index < -0.39 is 0 Å². The van der Waals surface area contributed by atoms with Crippen molar-refractivity contribution in [1.29, 1.82) is 0 Å². The summed E-state index contributed by atoms with van der Waals surface area (Å²) in [4.78, 5) is 0. The van der Waals surface area contributed by atoms with E-state index in [-0.39, 0.29) is 0 Å². The summed E-state index contributed by atoms with van der Waals surface area (Å²) in [5.41, 5.74) is 8.67. The summed E-state index contributed by atoms with van der Waals surface area (Å²) < 4.78 is 13.1. The zero-order valence-electron chi connectivity index (χ0n) is 18.7. The summed E-state index contributed by atoms with van der Waals surface area (Å²) in [6, 6.07) is 20.7. The molecule has 0 spiro atoms. The van der Waals surface area contributed by atoms with Crippen LogP contribution in [-0.2, 0) is 6.54 Å². The first-order chi connectivity index (χ1) is 15.6. The predicted molar refractivity (Wildman–Crippen MR) is 128 cm³/mol. The molecule has 0 radical (unpaired) electrons. The second-order valence-electron chi connectivity index (χ2n) is 8.10. The number of rotatable bonds is 5. The minimum absolute atomic E-state index is 0.723. The van der Waals surface area contributed by atoms with E-state index in [9.17, 15) is 0 Å². The lowest BCUT2D eigenvalue weighted by Gasteiger charge is -2.16. The van der Waals surface area contributed by atoms with Gasteiger partial charge in [-0.25, -0.2) is 0 Å². The van der Waals surface area contributed by atoms with Gasteiger partial charge < -0.3 is 14.0 Å². The van der Waals surface area contributed by atoms with E-state index in [4.69, 9.17) is 9.47 Å². The fraction of sp³-hybridized carbons (Fsp3) is 0.185. The maximum atomic E-state index is 5.50. The van der Waals surface area contributed by atoms with Gasteiger partial charge in [0.25, 0.3) is 0 Å². The molecule has 5 nitrogen and oxygen atoms in total. The van der Waals surface area contributed by atoms with Crippen molar-refractivity contribution in [2.45, 2.75) is 20.4 Å². The standard InChI is InChI=1S/C27H25N3O2/c1-17-5-8-20(13-18(17)2)26-24-16-30(15-19-6-9-21(31-3)10-7-19)25-12-11-22(32-4)14-23(25)27(24)29-28-26/h5-14,16H,15H2,1-4H3. The van der Waals surface area contributed by atoms with Gasteiger partial charge in [-0.3, -0.25) is 0 Å². The summed E-state index contributed by atoms with van der Waals surface area (Å²) in [6.07, 6.45) is 2.17. The fourth-order valence-corrected chi connectivity index (χ4v) is 4.11. The van der Waals surface area contributed by atoms with Crippen molar-refractivity contribution < 1.29 is 9.47 Å². The van der Waals surface area contributed by atoms with Crippen molar-refractivity contribution in [3.05, 3.63) is 83.6 Å². The smallest absolute Gasteiger partial charge is 0.119 e. The monoisotopic (exact) mass is 423 g/mol. The van der Waals surface area contributed by atoms with Crippen LogP contribution in [0.4, 0.5) is 0 Å². The maximum Gasteiger partial charge on any atom is 0.119 e. The van der Waals surface area contributed by atoms with Gasteiger partial charge in [0.15, 0.2) is 0 Å². The van der Waals surface area contributed by atoms with E-state index in [1.54, 1.807) is 14.2 Å². The first kappa shape index (κ1) is 20.1. The molecule has 0 bridgehead atoms. The van der Waals surface area contributed by atoms with Crippen LogP contribution >= 0.6 is 0 Å². The second-order valence-corrected chi connectivity index (χ2v) is 8.10. The topological polar surface area (TPSA) is 49.2 Å². The Morgan fingerprint density at radius 2 is 1.47 bits per heavy atom. The number of fused-ring (bicyclic) bond motifs is 3. The molecule has 0 aliphatic carbocycles. The molecule has 3 aromatic rings. The van der Waals surface area contributed by atoms with E-state index >= 15 is 0 Å². The van der Waals surface area contributed by atoms with Gasteiger partial charge in [0, 0.05) is 29.3 Å². The first-order valence-corrected chi connectivity index (χ1v) is 10.6. The van der Waals surface area contributed by atoms with Crippen LogP contribution in [0.2, 0.25) is 0 Å². The zero-order valence-corrected chi connectivity index (χ0v) is 18.7. The first-order valence-electron chi connectivity index (χ1n) is 10.6. The SMILES string of the molecule is COc1ccc(Cn2cc3c(-c4ccc(C)c(C)c4)nnc-3c3cc(OC)ccc32)cc1. The Balaban J connectivity index is 1.70. The van der Waals surface area contributed by atoms with Crippen LogP contribution in [0.25, 0.3) is 33.4 Å². The summed E-state index contributed by atoms with van der Waals surface area (Å²) in [7, 11) is 3.37. The quantitative estimate of drug-likeness (QED) is 0.354. The molecule has 5 rings (SSSR count). The summed E-state index contributed by atoms with van der Waals surface area (Å²) in [5.74, 6) is 1.65. The molecule has 0 unspecified atom stereocenters. The van der Waals surface area contributed by atoms with Crippen LogP contribution in [0.15, 0.2) is 66.9 Å². The highest BCUT2D eigenvalue weighted by Gasteiger charge is 2.21. The molecular weight excluding hydrogens is 398 g/mol. The van der Waals surface area contributed by atoms with Crippen LogP contribution < -0.4 is 9.47 Å². The Bertz CT molecular complexity index is 1390. The molecule has 2 aliphatic rings. The van der Waals surface area contributed by atoms with Gasteiger partial charge in [-0.1, -0.05) is 24.3 Å². The van der Waals surface area contributed by atoms with Crippen LogP contribution in [-0.4, -0.2) is 29.0 Å². The number of nitrogens with zero attached hydrogens (tertiary/aromatic N) is 3. The van der Waals surface area contributed by atoms with Crippen molar-refractivity contribution in [2.75, 3.05) is 14.2 Å². The minimum Gasteiger partial charge on any atom is -0.497 e. The van der Waals surface area contributed by atoms with E-state index in [0.29, 0.717) is 0 Å². The van der Waals surface area contributed by atoms with Crippen molar-refractivity contribution >= 4 is 10.9 Å². The largest absolute Gasteiger partial charge is 0.497 e. The van der Waals surface area contributed by atoms with Gasteiger partial charge in [0.1, 0.15) is 22.9 Å². The molecule has 0 saturated heterocycles. The number of hydrogen-bond acceptors (Lipinski definition) is 4. The van der Waals surface area contributed by atoms with Gasteiger partial charge in [-0.15, -0.1) is 10.2 Å². The lowest BCUT2D eigenvalue weighted by atomic mass is 9.99. The molecular formula is C27H25N3O2. The van der Waals surface area contributed by atoms with E-state index in [1.165, 1.54) is 16.7 Å². The van der Waals surface area contributed by atoms with Gasteiger partial charge in [0.2, 0.25) is 0 Å². The lowest BCUT2D eigenvalue weighted by molar-refractivity contribution is 0.414. The molecule has 0 atom stereocenters. The zero-order chi connectivity index (χ0) is 22.2. The Labute approximate surface area is 187 Å². The summed E-state index contributed by atoms with van der Waals surface area (Å²) in [6.45, 7) is 4.97. The Morgan fingerprint density at radius 3 is 2.19 bits per heavy atom. The number of aryl methyl sites for hydroxylation is 2. The van der Waals surface area contributed by atoms with Crippen LogP contribution in [0.5, 0.6) is 11.5 Å². The average molecular weight is 424 g/mol. The molecule has 0 aromatic heterocycles. The summed E-state index contributed by atoms with van der Waals surface area (Å²) >= 11 is 0. The third-order valence-electron chi connectivity index (χ3n) is 6.11. The highest BCUT2D eigenvalue weighted by Crippen LogP contribution is 2.38. The van der Waals surface area contributed by atoms with Gasteiger partial charge >= 0.3 is 0 Å². The number of aromatic nitrogens is 3. The normalized spacial score (nSPS) is 11.2. The Morgan fingerprint density at radius 1 is 0.750 bits per heavy atom. The van der Waals surface area contributed by atoms with E-state index in [2.05, 4.69) is 71.2 Å². The van der Waals surface area contributed by atoms with Crippen molar-refractivity contribution in [1.82, 2.24) is 14.8 Å². The molecule has 3 aromatic carbocycles. The number of methoxy groups -OCH3 is 2. The number of ether oxygens (including phenoxy) is 2. The van der Waals surface area contributed by atoms with E-state index in [1.807, 2.05) is 24.3 Å². The molecule has 0 amide bonds. The third-order valence-corrected chi connectivity index (χ3v) is 6.11.